The number of aliphatic hydroxyl groups is 1. The second-order valence-corrected chi connectivity index (χ2v) is 5.67. The van der Waals surface area contributed by atoms with Gasteiger partial charge in [0.2, 0.25) is 0 Å². The van der Waals surface area contributed by atoms with Gasteiger partial charge in [0.25, 0.3) is 0 Å². The predicted octanol–water partition coefficient (Wildman–Crippen LogP) is 1.75. The molecule has 0 heterocycles. The number of carbonyl (C=O) groups excluding carboxylic acids is 1. The molecular weight excluding hydrogens is 309 g/mol. The lowest BCUT2D eigenvalue weighted by Crippen LogP contribution is -2.34. The molecule has 0 aromatic carbocycles. The van der Waals surface area contributed by atoms with Gasteiger partial charge in [-0.25, -0.2) is 3.11 Å². The lowest BCUT2D eigenvalue weighted by Gasteiger charge is -2.25. The minimum Gasteiger partial charge on any atom is -0.460 e. The van der Waals surface area contributed by atoms with Gasteiger partial charge in [-0.15, -0.1) is 0 Å². The molecule has 0 saturated heterocycles. The quantitative estimate of drug-likeness (QED) is 0.458. The molecule has 5 heteroatoms. The van der Waals surface area contributed by atoms with Crippen molar-refractivity contribution in [2.75, 3.05) is 13.7 Å². The highest BCUT2D eigenvalue weighted by molar-refractivity contribution is 14.1. The molecule has 1 unspecified atom stereocenters. The summed E-state index contributed by atoms with van der Waals surface area (Å²) in [6.45, 7) is 5.70. The molecule has 0 saturated carbocycles. The van der Waals surface area contributed by atoms with E-state index in [1.807, 2.05) is 50.7 Å². The molecule has 0 aliphatic rings. The van der Waals surface area contributed by atoms with E-state index in [4.69, 9.17) is 9.84 Å². The van der Waals surface area contributed by atoms with Crippen LogP contribution in [0.3, 0.4) is 0 Å². The smallest absolute Gasteiger partial charge is 0.308 e. The number of rotatable bonds is 6. The molecule has 0 fully saturated rings. The average molecular weight is 329 g/mol. The summed E-state index contributed by atoms with van der Waals surface area (Å²) < 4.78 is 7.08. The Hall–Kier alpha value is 0.120. The Balaban J connectivity index is 4.13. The van der Waals surface area contributed by atoms with Gasteiger partial charge in [-0.2, -0.15) is 0 Å². The van der Waals surface area contributed by atoms with Gasteiger partial charge in [0.05, 0.1) is 19.1 Å². The van der Waals surface area contributed by atoms with E-state index in [0.29, 0.717) is 0 Å². The monoisotopic (exact) mass is 329 g/mol. The molecule has 0 amide bonds. The van der Waals surface area contributed by atoms with Crippen LogP contribution in [0.5, 0.6) is 0 Å². The zero-order chi connectivity index (χ0) is 12.1. The van der Waals surface area contributed by atoms with Crippen LogP contribution in [0.4, 0.5) is 0 Å². The molecule has 0 aliphatic carbocycles. The first-order valence-electron chi connectivity index (χ1n) is 5.03. The molecule has 1 atom stereocenters. The van der Waals surface area contributed by atoms with Gasteiger partial charge >= 0.3 is 5.97 Å². The lowest BCUT2D eigenvalue weighted by atomic mass is 10.1. The summed E-state index contributed by atoms with van der Waals surface area (Å²) in [5, 5.41) is 9.05. The molecule has 1 N–H and O–H groups in total. The minimum absolute atomic E-state index is 0.0406. The van der Waals surface area contributed by atoms with E-state index in [-0.39, 0.29) is 25.0 Å². The Kier molecular flexibility index (Phi) is 6.70. The van der Waals surface area contributed by atoms with Crippen molar-refractivity contribution in [3.63, 3.8) is 0 Å². The maximum absolute atomic E-state index is 11.5. The molecule has 0 rings (SSSR count). The van der Waals surface area contributed by atoms with Crippen LogP contribution in [-0.4, -0.2) is 39.5 Å². The van der Waals surface area contributed by atoms with Crippen LogP contribution in [0.25, 0.3) is 0 Å². The summed E-state index contributed by atoms with van der Waals surface area (Å²) in [7, 11) is 1.82. The van der Waals surface area contributed by atoms with Crippen molar-refractivity contribution in [3.05, 3.63) is 0 Å². The Morgan fingerprint density at radius 3 is 2.47 bits per heavy atom. The van der Waals surface area contributed by atoms with E-state index < -0.39 is 5.60 Å². The summed E-state index contributed by atoms with van der Waals surface area (Å²) in [4.78, 5) is 11.5. The Morgan fingerprint density at radius 2 is 2.13 bits per heavy atom. The number of esters is 1. The number of ether oxygens (including phenoxy) is 1. The van der Waals surface area contributed by atoms with Crippen LogP contribution in [0.2, 0.25) is 0 Å². The van der Waals surface area contributed by atoms with Crippen LogP contribution in [0.15, 0.2) is 0 Å². The number of likely N-dealkylation sites (N-methyl/N-ethyl adjacent to an activating group) is 1. The maximum Gasteiger partial charge on any atom is 0.308 e. The third kappa shape index (κ3) is 6.32. The van der Waals surface area contributed by atoms with E-state index >= 15 is 0 Å². The summed E-state index contributed by atoms with van der Waals surface area (Å²) in [5.74, 6) is -0.260. The number of carbonyl (C=O) groups is 1. The molecule has 4 nitrogen and oxygen atoms in total. The summed E-state index contributed by atoms with van der Waals surface area (Å²) in [6, 6.07) is -0.175. The zero-order valence-corrected chi connectivity index (χ0v) is 11.9. The Labute approximate surface area is 105 Å². The third-order valence-electron chi connectivity index (χ3n) is 2.36. The zero-order valence-electron chi connectivity index (χ0n) is 9.79. The van der Waals surface area contributed by atoms with Crippen LogP contribution >= 0.6 is 22.9 Å². The van der Waals surface area contributed by atoms with Crippen molar-refractivity contribution in [2.45, 2.75) is 45.3 Å². The topological polar surface area (TPSA) is 49.8 Å². The standard InChI is InChI=1S/C10H20INO3/c1-5-10(2,3)15-9(14)6-8(7-13)12(4)11/h8,13H,5-7H2,1-4H3. The molecule has 0 bridgehead atoms. The van der Waals surface area contributed by atoms with Crippen molar-refractivity contribution < 1.29 is 14.6 Å². The molecule has 0 aromatic heterocycles. The minimum atomic E-state index is -0.416. The van der Waals surface area contributed by atoms with Gasteiger partial charge in [-0.3, -0.25) is 4.79 Å². The fraction of sp³-hybridized carbons (Fsp3) is 0.900. The molecule has 0 aromatic rings. The summed E-state index contributed by atoms with van der Waals surface area (Å²) >= 11 is 2.05. The van der Waals surface area contributed by atoms with E-state index in [1.54, 1.807) is 3.11 Å². The first kappa shape index (κ1) is 15.1. The van der Waals surface area contributed by atoms with Crippen LogP contribution in [0, 0.1) is 0 Å². The average Bonchev–Trinajstić information content (AvgIpc) is 2.13. The first-order chi connectivity index (χ1) is 6.82. The van der Waals surface area contributed by atoms with E-state index in [2.05, 4.69) is 0 Å². The molecular formula is C10H20INO3. The van der Waals surface area contributed by atoms with Crippen molar-refractivity contribution >= 4 is 28.8 Å². The summed E-state index contributed by atoms with van der Waals surface area (Å²) in [5.41, 5.74) is -0.416. The van der Waals surface area contributed by atoms with Crippen molar-refractivity contribution in [2.24, 2.45) is 0 Å². The molecule has 0 aliphatic heterocycles. The fourth-order valence-electron chi connectivity index (χ4n) is 0.917. The van der Waals surface area contributed by atoms with Gasteiger partial charge < -0.3 is 9.84 Å². The molecule has 0 spiro atoms. The second kappa shape index (κ2) is 6.65. The normalized spacial score (nSPS) is 14.1. The third-order valence-corrected chi connectivity index (χ3v) is 3.15. The predicted molar refractivity (Wildman–Crippen MR) is 67.7 cm³/mol. The molecule has 0 radical (unpaired) electrons. The highest BCUT2D eigenvalue weighted by atomic mass is 127. The van der Waals surface area contributed by atoms with Crippen LogP contribution in [0.1, 0.15) is 33.6 Å². The molecule has 90 valence electrons. The van der Waals surface area contributed by atoms with Crippen molar-refractivity contribution in [3.8, 4) is 0 Å². The second-order valence-electron chi connectivity index (χ2n) is 4.15. The van der Waals surface area contributed by atoms with Gasteiger partial charge in [0, 0.05) is 22.9 Å². The number of halogens is 1. The van der Waals surface area contributed by atoms with E-state index in [9.17, 15) is 4.79 Å². The van der Waals surface area contributed by atoms with Crippen LogP contribution in [-0.2, 0) is 9.53 Å². The van der Waals surface area contributed by atoms with Crippen molar-refractivity contribution in [1.29, 1.82) is 0 Å². The number of nitrogens with zero attached hydrogens (tertiary/aromatic N) is 1. The van der Waals surface area contributed by atoms with Crippen molar-refractivity contribution in [1.82, 2.24) is 3.11 Å². The summed E-state index contributed by atoms with van der Waals surface area (Å²) in [6.07, 6.45) is 1.00. The highest BCUT2D eigenvalue weighted by Crippen LogP contribution is 2.16. The van der Waals surface area contributed by atoms with E-state index in [1.165, 1.54) is 0 Å². The highest BCUT2D eigenvalue weighted by Gasteiger charge is 2.23. The van der Waals surface area contributed by atoms with Gasteiger partial charge in [0.15, 0.2) is 0 Å². The van der Waals surface area contributed by atoms with Gasteiger partial charge in [-0.05, 0) is 27.3 Å². The van der Waals surface area contributed by atoms with Gasteiger partial charge in [0.1, 0.15) is 5.60 Å². The maximum atomic E-state index is 11.5. The lowest BCUT2D eigenvalue weighted by molar-refractivity contribution is -0.157. The SMILES string of the molecule is CCC(C)(C)OC(=O)CC(CO)N(C)I. The fourth-order valence-corrected chi connectivity index (χ4v) is 1.29. The van der Waals surface area contributed by atoms with Gasteiger partial charge in [-0.1, -0.05) is 6.92 Å². The first-order valence-corrected chi connectivity index (χ1v) is 6.00. The largest absolute Gasteiger partial charge is 0.460 e. The van der Waals surface area contributed by atoms with E-state index in [0.717, 1.165) is 6.42 Å². The number of hydrogen-bond donors (Lipinski definition) is 1. The number of aliphatic hydroxyl groups excluding tert-OH is 1. The number of hydrogen-bond acceptors (Lipinski definition) is 4. The Morgan fingerprint density at radius 1 is 1.60 bits per heavy atom. The van der Waals surface area contributed by atoms with Crippen LogP contribution < -0.4 is 0 Å². The molecule has 15 heavy (non-hydrogen) atoms. The Bertz CT molecular complexity index is 207.